The highest BCUT2D eigenvalue weighted by Crippen LogP contribution is 2.25. The maximum absolute atomic E-state index is 12.4. The molecule has 7 nitrogen and oxygen atoms in total. The number of urea groups is 1. The average Bonchev–Trinajstić information content (AvgIpc) is 2.55. The molecule has 0 aromatic heterocycles. The summed E-state index contributed by atoms with van der Waals surface area (Å²) in [5.74, 6) is -1.50. The van der Waals surface area contributed by atoms with E-state index < -0.39 is 5.97 Å². The van der Waals surface area contributed by atoms with Crippen LogP contribution in [-0.2, 0) is 14.3 Å². The largest absolute Gasteiger partial charge is 0.481 e. The highest BCUT2D eigenvalue weighted by atomic mass is 16.5. The Kier molecular flexibility index (Phi) is 6.24. The van der Waals surface area contributed by atoms with Crippen molar-refractivity contribution in [3.63, 3.8) is 0 Å². The molecule has 0 unspecified atom stereocenters. The first kappa shape index (κ1) is 17.6. The Morgan fingerprint density at radius 3 is 2.43 bits per heavy atom. The number of ether oxygens (including phenoxy) is 1. The number of piperidine rings is 1. The number of carbonyl (C=O) groups is 3. The average molecular weight is 326 g/mol. The summed E-state index contributed by atoms with van der Waals surface area (Å²) in [6.45, 7) is 3.17. The van der Waals surface area contributed by atoms with Gasteiger partial charge in [-0.25, -0.2) is 4.79 Å². The van der Waals surface area contributed by atoms with Crippen molar-refractivity contribution in [3.05, 3.63) is 0 Å². The maximum Gasteiger partial charge on any atom is 0.317 e. The number of esters is 1. The second kappa shape index (κ2) is 8.17. The molecule has 0 bridgehead atoms. The number of nitrogens with one attached hydrogen (secondary N) is 1. The van der Waals surface area contributed by atoms with Crippen molar-refractivity contribution in [3.8, 4) is 0 Å². The van der Waals surface area contributed by atoms with Gasteiger partial charge in [-0.05, 0) is 45.4 Å². The van der Waals surface area contributed by atoms with E-state index in [1.165, 1.54) is 0 Å². The zero-order valence-electron chi connectivity index (χ0n) is 13.6. The highest BCUT2D eigenvalue weighted by Gasteiger charge is 2.31. The molecule has 2 N–H and O–H groups in total. The fraction of sp³-hybridized carbons (Fsp3) is 0.812. The first-order valence-corrected chi connectivity index (χ1v) is 8.46. The number of hydrogen-bond donors (Lipinski definition) is 2. The number of amides is 2. The van der Waals surface area contributed by atoms with Gasteiger partial charge in [0.05, 0.1) is 18.4 Å². The zero-order chi connectivity index (χ0) is 16.8. The molecule has 2 fully saturated rings. The zero-order valence-corrected chi connectivity index (χ0v) is 13.6. The summed E-state index contributed by atoms with van der Waals surface area (Å²) in [4.78, 5) is 36.8. The molecule has 1 saturated heterocycles. The Balaban J connectivity index is 1.79. The topological polar surface area (TPSA) is 95.9 Å². The third kappa shape index (κ3) is 4.84. The van der Waals surface area contributed by atoms with Gasteiger partial charge in [0.1, 0.15) is 0 Å². The Labute approximate surface area is 136 Å². The van der Waals surface area contributed by atoms with Crippen molar-refractivity contribution in [2.75, 3.05) is 19.7 Å². The van der Waals surface area contributed by atoms with Crippen molar-refractivity contribution in [2.24, 2.45) is 11.8 Å². The molecule has 2 amide bonds. The van der Waals surface area contributed by atoms with Crippen LogP contribution < -0.4 is 5.32 Å². The third-order valence-corrected chi connectivity index (χ3v) is 4.73. The van der Waals surface area contributed by atoms with Gasteiger partial charge in [-0.3, -0.25) is 9.59 Å². The second-order valence-corrected chi connectivity index (χ2v) is 6.37. The molecule has 2 aliphatic rings. The van der Waals surface area contributed by atoms with E-state index in [1.54, 1.807) is 11.8 Å². The molecule has 0 radical (unpaired) electrons. The monoisotopic (exact) mass is 326 g/mol. The summed E-state index contributed by atoms with van der Waals surface area (Å²) in [6.07, 6.45) is 4.14. The van der Waals surface area contributed by atoms with Crippen LogP contribution in [0.4, 0.5) is 4.79 Å². The molecule has 7 heteroatoms. The quantitative estimate of drug-likeness (QED) is 0.765. The van der Waals surface area contributed by atoms with E-state index in [-0.39, 0.29) is 29.9 Å². The molecule has 1 aliphatic carbocycles. The minimum atomic E-state index is -0.747. The predicted octanol–water partition coefficient (Wildman–Crippen LogP) is 1.61. The van der Waals surface area contributed by atoms with Crippen LogP contribution >= 0.6 is 0 Å². The van der Waals surface area contributed by atoms with Crippen LogP contribution in [0.3, 0.4) is 0 Å². The van der Waals surface area contributed by atoms with E-state index in [1.807, 2.05) is 0 Å². The van der Waals surface area contributed by atoms with Crippen molar-refractivity contribution in [2.45, 2.75) is 51.5 Å². The lowest BCUT2D eigenvalue weighted by molar-refractivity contribution is -0.149. The molecule has 1 atom stereocenters. The molecule has 0 spiro atoms. The maximum atomic E-state index is 12.4. The van der Waals surface area contributed by atoms with Crippen molar-refractivity contribution >= 4 is 18.0 Å². The van der Waals surface area contributed by atoms with Crippen LogP contribution in [0.25, 0.3) is 0 Å². The number of carboxylic acids is 1. The van der Waals surface area contributed by atoms with Crippen LogP contribution in [0.1, 0.15) is 45.4 Å². The second-order valence-electron chi connectivity index (χ2n) is 6.37. The molecule has 1 heterocycles. The SMILES string of the molecule is CCOC(=O)[C@H]1CCCN(C(=O)NC2CCC(C(=O)O)CC2)C1. The number of rotatable bonds is 4. The fourth-order valence-corrected chi connectivity index (χ4v) is 3.36. The summed E-state index contributed by atoms with van der Waals surface area (Å²) >= 11 is 0. The number of likely N-dealkylation sites (tertiary alicyclic amines) is 1. The molecule has 1 aliphatic heterocycles. The lowest BCUT2D eigenvalue weighted by atomic mass is 9.86. The van der Waals surface area contributed by atoms with Gasteiger partial charge in [-0.1, -0.05) is 0 Å². The van der Waals surface area contributed by atoms with Crippen LogP contribution in [-0.4, -0.2) is 53.7 Å². The first-order valence-electron chi connectivity index (χ1n) is 8.46. The number of hydrogen-bond acceptors (Lipinski definition) is 4. The number of aliphatic carboxylic acids is 1. The van der Waals surface area contributed by atoms with Gasteiger partial charge in [0.25, 0.3) is 0 Å². The molecule has 0 aromatic carbocycles. The van der Waals surface area contributed by atoms with Crippen molar-refractivity contribution in [1.29, 1.82) is 0 Å². The van der Waals surface area contributed by atoms with Gasteiger partial charge >= 0.3 is 18.0 Å². The molecular formula is C16H26N2O5. The van der Waals surface area contributed by atoms with E-state index in [9.17, 15) is 14.4 Å². The van der Waals surface area contributed by atoms with E-state index in [0.29, 0.717) is 45.4 Å². The molecule has 23 heavy (non-hydrogen) atoms. The Morgan fingerprint density at radius 2 is 1.83 bits per heavy atom. The summed E-state index contributed by atoms with van der Waals surface area (Å²) in [5.41, 5.74) is 0. The van der Waals surface area contributed by atoms with Gasteiger partial charge in [0.15, 0.2) is 0 Å². The molecular weight excluding hydrogens is 300 g/mol. The Morgan fingerprint density at radius 1 is 1.13 bits per heavy atom. The lowest BCUT2D eigenvalue weighted by Gasteiger charge is -2.34. The van der Waals surface area contributed by atoms with Gasteiger partial charge in [0.2, 0.25) is 0 Å². The summed E-state index contributed by atoms with van der Waals surface area (Å²) in [6, 6.07) is -0.126. The van der Waals surface area contributed by atoms with E-state index in [4.69, 9.17) is 9.84 Å². The first-order chi connectivity index (χ1) is 11.0. The van der Waals surface area contributed by atoms with Crippen molar-refractivity contribution in [1.82, 2.24) is 10.2 Å². The van der Waals surface area contributed by atoms with Gasteiger partial charge < -0.3 is 20.1 Å². The fourth-order valence-electron chi connectivity index (χ4n) is 3.36. The summed E-state index contributed by atoms with van der Waals surface area (Å²) < 4.78 is 5.04. The van der Waals surface area contributed by atoms with Gasteiger partial charge in [0, 0.05) is 19.1 Å². The van der Waals surface area contributed by atoms with E-state index in [2.05, 4.69) is 5.32 Å². The highest BCUT2D eigenvalue weighted by molar-refractivity contribution is 5.77. The molecule has 1 saturated carbocycles. The van der Waals surface area contributed by atoms with Crippen LogP contribution in [0.15, 0.2) is 0 Å². The Hall–Kier alpha value is -1.79. The smallest absolute Gasteiger partial charge is 0.317 e. The van der Waals surface area contributed by atoms with E-state index in [0.717, 1.165) is 12.8 Å². The minimum absolute atomic E-state index is 0.0288. The van der Waals surface area contributed by atoms with Crippen LogP contribution in [0, 0.1) is 11.8 Å². The Bertz CT molecular complexity index is 446. The number of nitrogens with zero attached hydrogens (tertiary/aromatic N) is 1. The number of carbonyl (C=O) groups excluding carboxylic acids is 2. The molecule has 130 valence electrons. The van der Waals surface area contributed by atoms with Gasteiger partial charge in [-0.15, -0.1) is 0 Å². The summed E-state index contributed by atoms with van der Waals surface area (Å²) in [5, 5.41) is 12.0. The van der Waals surface area contributed by atoms with Crippen molar-refractivity contribution < 1.29 is 24.2 Å². The standard InChI is InChI=1S/C16H26N2O5/c1-2-23-15(21)12-4-3-9-18(10-12)16(22)17-13-7-5-11(6-8-13)14(19)20/h11-13H,2-10H2,1H3,(H,17,22)(H,19,20)/t11?,12-,13?/m0/s1. The van der Waals surface area contributed by atoms with Gasteiger partial charge in [-0.2, -0.15) is 0 Å². The normalized spacial score (nSPS) is 28.0. The van der Waals surface area contributed by atoms with Crippen LogP contribution in [0.5, 0.6) is 0 Å². The molecule has 0 aromatic rings. The predicted molar refractivity (Wildman–Crippen MR) is 82.8 cm³/mol. The van der Waals surface area contributed by atoms with E-state index >= 15 is 0 Å². The number of carboxylic acid groups (broad SMARTS) is 1. The third-order valence-electron chi connectivity index (χ3n) is 4.73. The lowest BCUT2D eigenvalue weighted by Crippen LogP contribution is -2.50. The molecule has 2 rings (SSSR count). The summed E-state index contributed by atoms with van der Waals surface area (Å²) in [7, 11) is 0. The van der Waals surface area contributed by atoms with Crippen LogP contribution in [0.2, 0.25) is 0 Å². The minimum Gasteiger partial charge on any atom is -0.481 e.